The van der Waals surface area contributed by atoms with Gasteiger partial charge in [0.1, 0.15) is 5.65 Å². The molecule has 32 heavy (non-hydrogen) atoms. The first-order valence-electron chi connectivity index (χ1n) is 10.7. The molecule has 2 heterocycles. The van der Waals surface area contributed by atoms with Crippen LogP contribution in [0.3, 0.4) is 0 Å². The number of fused-ring (bicyclic) bond motifs is 1. The van der Waals surface area contributed by atoms with E-state index in [1.165, 1.54) is 20.1 Å². The molecule has 1 saturated carbocycles. The van der Waals surface area contributed by atoms with Crippen molar-refractivity contribution < 1.29 is 19.4 Å². The minimum absolute atomic E-state index is 0.0366. The number of likely N-dealkylation sites (N-methyl/N-ethyl adjacent to an activating group) is 1. The summed E-state index contributed by atoms with van der Waals surface area (Å²) in [4.78, 5) is 39.9. The number of aromatic nitrogens is 3. The zero-order valence-electron chi connectivity index (χ0n) is 19.2. The third-order valence-corrected chi connectivity index (χ3v) is 5.31. The van der Waals surface area contributed by atoms with Crippen molar-refractivity contribution in [1.82, 2.24) is 24.4 Å². The van der Waals surface area contributed by atoms with Gasteiger partial charge in [-0.2, -0.15) is 9.61 Å². The summed E-state index contributed by atoms with van der Waals surface area (Å²) in [6.45, 7) is 6.80. The van der Waals surface area contributed by atoms with Gasteiger partial charge >= 0.3 is 0 Å². The number of aryl methyl sites for hydroxylation is 1. The Labute approximate surface area is 186 Å². The largest absolute Gasteiger partial charge is 0.492 e. The summed E-state index contributed by atoms with van der Waals surface area (Å²) < 4.78 is 7.65. The zero-order chi connectivity index (χ0) is 23.6. The third-order valence-electron chi connectivity index (χ3n) is 5.31. The van der Waals surface area contributed by atoms with E-state index in [1.54, 1.807) is 27.2 Å². The quantitative estimate of drug-likeness (QED) is 0.560. The SMILES string of the molecule is COCCN(C)C(=O)C=Cc1c(C)nn2c(O)c(C(=O)NC3CC3)c(=O)n(CC(C)C)c12. The number of methoxy groups -OCH3 is 1. The molecule has 1 aliphatic carbocycles. The number of rotatable bonds is 9. The highest BCUT2D eigenvalue weighted by atomic mass is 16.5. The van der Waals surface area contributed by atoms with Crippen LogP contribution in [0.15, 0.2) is 10.9 Å². The highest BCUT2D eigenvalue weighted by molar-refractivity contribution is 5.97. The average molecular weight is 446 g/mol. The van der Waals surface area contributed by atoms with Gasteiger partial charge in [-0.15, -0.1) is 0 Å². The lowest BCUT2D eigenvalue weighted by atomic mass is 10.1. The van der Waals surface area contributed by atoms with E-state index in [4.69, 9.17) is 4.74 Å². The van der Waals surface area contributed by atoms with E-state index in [0.29, 0.717) is 36.6 Å². The fourth-order valence-electron chi connectivity index (χ4n) is 3.40. The topological polar surface area (TPSA) is 118 Å². The van der Waals surface area contributed by atoms with Gasteiger partial charge in [-0.1, -0.05) is 13.8 Å². The van der Waals surface area contributed by atoms with Gasteiger partial charge in [0.25, 0.3) is 11.5 Å². The monoisotopic (exact) mass is 445 g/mol. The van der Waals surface area contributed by atoms with Crippen molar-refractivity contribution in [1.29, 1.82) is 0 Å². The predicted octanol–water partition coefficient (Wildman–Crippen LogP) is 1.18. The second-order valence-corrected chi connectivity index (χ2v) is 8.58. The normalized spacial score (nSPS) is 13.9. The second kappa shape index (κ2) is 9.56. The van der Waals surface area contributed by atoms with Gasteiger partial charge < -0.3 is 20.1 Å². The van der Waals surface area contributed by atoms with Crippen molar-refractivity contribution in [2.45, 2.75) is 46.2 Å². The van der Waals surface area contributed by atoms with Crippen molar-refractivity contribution in [3.63, 3.8) is 0 Å². The third kappa shape index (κ3) is 4.85. The Morgan fingerprint density at radius 3 is 2.66 bits per heavy atom. The Balaban J connectivity index is 2.11. The number of aromatic hydroxyl groups is 1. The fraction of sp³-hybridized carbons (Fsp3) is 0.545. The number of amides is 2. The van der Waals surface area contributed by atoms with Crippen LogP contribution in [-0.4, -0.2) is 69.4 Å². The molecule has 2 aromatic heterocycles. The molecule has 0 spiro atoms. The van der Waals surface area contributed by atoms with Crippen LogP contribution >= 0.6 is 0 Å². The van der Waals surface area contributed by atoms with Crippen LogP contribution in [0.1, 0.15) is 48.3 Å². The summed E-state index contributed by atoms with van der Waals surface area (Å²) in [5.41, 5.74) is 0.477. The molecule has 2 aromatic rings. The van der Waals surface area contributed by atoms with E-state index >= 15 is 0 Å². The first kappa shape index (κ1) is 23.5. The minimum Gasteiger partial charge on any atom is -0.492 e. The first-order chi connectivity index (χ1) is 15.1. The van der Waals surface area contributed by atoms with E-state index in [9.17, 15) is 19.5 Å². The number of ether oxygens (including phenoxy) is 1. The molecule has 2 amide bonds. The van der Waals surface area contributed by atoms with Crippen LogP contribution in [0.2, 0.25) is 0 Å². The van der Waals surface area contributed by atoms with E-state index in [1.807, 2.05) is 13.8 Å². The van der Waals surface area contributed by atoms with E-state index < -0.39 is 17.3 Å². The summed E-state index contributed by atoms with van der Waals surface area (Å²) in [6.07, 6.45) is 4.70. The van der Waals surface area contributed by atoms with E-state index in [0.717, 1.165) is 12.8 Å². The maximum atomic E-state index is 13.3. The predicted molar refractivity (Wildman–Crippen MR) is 120 cm³/mol. The van der Waals surface area contributed by atoms with Gasteiger partial charge in [-0.3, -0.25) is 19.0 Å². The number of nitrogens with zero attached hydrogens (tertiary/aromatic N) is 4. The molecule has 0 aromatic carbocycles. The zero-order valence-corrected chi connectivity index (χ0v) is 19.2. The Hall–Kier alpha value is -3.14. The van der Waals surface area contributed by atoms with E-state index in [2.05, 4.69) is 10.4 Å². The van der Waals surface area contributed by atoms with Crippen LogP contribution in [0, 0.1) is 12.8 Å². The molecule has 0 bridgehead atoms. The Kier molecular flexibility index (Phi) is 7.02. The van der Waals surface area contributed by atoms with Crippen molar-refractivity contribution in [3.8, 4) is 5.88 Å². The molecule has 10 heteroatoms. The summed E-state index contributed by atoms with van der Waals surface area (Å²) in [5.74, 6) is -1.25. The van der Waals surface area contributed by atoms with Crippen molar-refractivity contribution >= 4 is 23.5 Å². The first-order valence-corrected chi connectivity index (χ1v) is 10.7. The fourth-order valence-corrected chi connectivity index (χ4v) is 3.40. The molecule has 0 unspecified atom stereocenters. The number of hydrogen-bond acceptors (Lipinski definition) is 6. The molecule has 0 radical (unpaired) electrons. The summed E-state index contributed by atoms with van der Waals surface area (Å²) in [6, 6.07) is 0.0366. The highest BCUT2D eigenvalue weighted by Gasteiger charge is 2.30. The molecule has 174 valence electrons. The molecule has 1 aliphatic rings. The number of carbonyl (C=O) groups excluding carboxylic acids is 2. The lowest BCUT2D eigenvalue weighted by Crippen LogP contribution is -2.36. The van der Waals surface area contributed by atoms with Crippen molar-refractivity contribution in [2.24, 2.45) is 5.92 Å². The number of nitrogens with one attached hydrogen (secondary N) is 1. The maximum Gasteiger partial charge on any atom is 0.270 e. The van der Waals surface area contributed by atoms with Gasteiger partial charge in [-0.05, 0) is 31.8 Å². The van der Waals surface area contributed by atoms with Crippen molar-refractivity contribution in [3.05, 3.63) is 33.3 Å². The molecule has 0 aliphatic heterocycles. The van der Waals surface area contributed by atoms with Gasteiger partial charge in [0.05, 0.1) is 12.3 Å². The molecule has 2 N–H and O–H groups in total. The molecule has 10 nitrogen and oxygen atoms in total. The standard InChI is InChI=1S/C22H31N5O5/c1-13(2)12-26-20-16(8-9-17(28)25(4)10-11-32-5)14(3)24-27(20)22(31)18(21(26)30)19(29)23-15-6-7-15/h8-9,13,15,31H,6-7,10-12H2,1-5H3,(H,23,29). The minimum atomic E-state index is -0.602. The molecule has 0 atom stereocenters. The van der Waals surface area contributed by atoms with Gasteiger partial charge in [0.15, 0.2) is 5.56 Å². The smallest absolute Gasteiger partial charge is 0.270 e. The average Bonchev–Trinajstić information content (AvgIpc) is 3.48. The Morgan fingerprint density at radius 1 is 1.38 bits per heavy atom. The van der Waals surface area contributed by atoms with Crippen LogP contribution in [0.5, 0.6) is 5.88 Å². The molecular formula is C22H31N5O5. The highest BCUT2D eigenvalue weighted by Crippen LogP contribution is 2.25. The lowest BCUT2D eigenvalue weighted by molar-refractivity contribution is -0.125. The van der Waals surface area contributed by atoms with E-state index in [-0.39, 0.29) is 23.4 Å². The van der Waals surface area contributed by atoms with Crippen LogP contribution < -0.4 is 10.9 Å². The van der Waals surface area contributed by atoms with Crippen LogP contribution in [-0.2, 0) is 16.1 Å². The lowest BCUT2D eigenvalue weighted by Gasteiger charge is -2.15. The molecular weight excluding hydrogens is 414 g/mol. The van der Waals surface area contributed by atoms with Crippen molar-refractivity contribution in [2.75, 3.05) is 27.3 Å². The Morgan fingerprint density at radius 2 is 2.06 bits per heavy atom. The van der Waals surface area contributed by atoms with Crippen LogP contribution in [0.25, 0.3) is 11.7 Å². The van der Waals surface area contributed by atoms with Gasteiger partial charge in [-0.25, -0.2) is 0 Å². The summed E-state index contributed by atoms with van der Waals surface area (Å²) >= 11 is 0. The second-order valence-electron chi connectivity index (χ2n) is 8.58. The molecule has 3 rings (SSSR count). The maximum absolute atomic E-state index is 13.3. The molecule has 0 saturated heterocycles. The molecule has 1 fully saturated rings. The number of hydrogen-bond donors (Lipinski definition) is 2. The van der Waals surface area contributed by atoms with Gasteiger partial charge in [0, 0.05) is 44.9 Å². The summed E-state index contributed by atoms with van der Waals surface area (Å²) in [7, 11) is 3.23. The number of carbonyl (C=O) groups is 2. The van der Waals surface area contributed by atoms with Gasteiger partial charge in [0.2, 0.25) is 11.8 Å². The Bertz CT molecular complexity index is 1110. The summed E-state index contributed by atoms with van der Waals surface area (Å²) in [5, 5.41) is 17.9. The van der Waals surface area contributed by atoms with Crippen LogP contribution in [0.4, 0.5) is 0 Å².